The lowest BCUT2D eigenvalue weighted by Crippen LogP contribution is -2.38. The summed E-state index contributed by atoms with van der Waals surface area (Å²) in [5, 5.41) is 4.16. The number of nitrogens with one attached hydrogen (secondary N) is 1. The Labute approximate surface area is 155 Å². The van der Waals surface area contributed by atoms with Gasteiger partial charge in [0.15, 0.2) is 11.5 Å². The van der Waals surface area contributed by atoms with Crippen LogP contribution >= 0.6 is 24.0 Å². The van der Waals surface area contributed by atoms with Crippen LogP contribution in [0.4, 0.5) is 0 Å². The Morgan fingerprint density at radius 2 is 1.92 bits per heavy atom. The van der Waals surface area contributed by atoms with Gasteiger partial charge in [0, 0.05) is 19.5 Å². The second-order valence-corrected chi connectivity index (χ2v) is 7.57. The first-order chi connectivity index (χ1) is 11.2. The number of hydrogen-bond donors (Lipinski definition) is 1. The predicted octanol–water partition coefficient (Wildman–Crippen LogP) is 3.50. The lowest BCUT2D eigenvalue weighted by molar-refractivity contribution is 0.194. The molecule has 2 fully saturated rings. The Hall–Kier alpha value is -0.680. The van der Waals surface area contributed by atoms with Crippen molar-refractivity contribution in [1.29, 1.82) is 0 Å². The van der Waals surface area contributed by atoms with Crippen LogP contribution in [0.1, 0.15) is 31.2 Å². The summed E-state index contributed by atoms with van der Waals surface area (Å²) in [4.78, 5) is 2.57. The summed E-state index contributed by atoms with van der Waals surface area (Å²) in [6.45, 7) is 7.06. The molecule has 0 amide bonds. The standard InChI is InChI=1S/C18H25ClN2O2.ClH/c19-15-10-14(11-16-17(15)23-9-1-8-22-16)12-21-7-4-18(13-21)2-5-20-6-3-18;/h10-11,20H,1-9,12-13H2;1H. The molecule has 0 aliphatic carbocycles. The van der Waals surface area contributed by atoms with Gasteiger partial charge in [0.25, 0.3) is 0 Å². The van der Waals surface area contributed by atoms with E-state index in [-0.39, 0.29) is 12.4 Å². The first-order valence-corrected chi connectivity index (χ1v) is 9.13. The Balaban J connectivity index is 0.00000169. The van der Waals surface area contributed by atoms with Crippen molar-refractivity contribution in [2.75, 3.05) is 39.4 Å². The Bertz CT molecular complexity index is 576. The van der Waals surface area contributed by atoms with Gasteiger partial charge in [-0.05, 0) is 62.0 Å². The number of piperidine rings is 1. The lowest BCUT2D eigenvalue weighted by Gasteiger charge is -2.34. The largest absolute Gasteiger partial charge is 0.489 e. The molecule has 3 aliphatic rings. The lowest BCUT2D eigenvalue weighted by atomic mass is 9.78. The average molecular weight is 373 g/mol. The third-order valence-corrected chi connectivity index (χ3v) is 5.73. The molecule has 1 spiro atoms. The van der Waals surface area contributed by atoms with Crippen LogP contribution in [0.25, 0.3) is 0 Å². The topological polar surface area (TPSA) is 33.7 Å². The van der Waals surface area contributed by atoms with E-state index in [9.17, 15) is 0 Å². The number of likely N-dealkylation sites (tertiary alicyclic amines) is 1. The molecule has 1 aromatic carbocycles. The van der Waals surface area contributed by atoms with Gasteiger partial charge >= 0.3 is 0 Å². The molecule has 0 saturated carbocycles. The van der Waals surface area contributed by atoms with Crippen molar-refractivity contribution in [3.63, 3.8) is 0 Å². The maximum atomic E-state index is 6.42. The fraction of sp³-hybridized carbons (Fsp3) is 0.667. The third-order valence-electron chi connectivity index (χ3n) is 5.45. The van der Waals surface area contributed by atoms with Crippen LogP contribution in [0.2, 0.25) is 5.02 Å². The van der Waals surface area contributed by atoms with Crippen molar-refractivity contribution < 1.29 is 9.47 Å². The first-order valence-electron chi connectivity index (χ1n) is 8.75. The van der Waals surface area contributed by atoms with E-state index >= 15 is 0 Å². The molecule has 0 radical (unpaired) electrons. The smallest absolute Gasteiger partial charge is 0.179 e. The van der Waals surface area contributed by atoms with Crippen LogP contribution in [-0.4, -0.2) is 44.3 Å². The van der Waals surface area contributed by atoms with E-state index in [0.717, 1.165) is 18.7 Å². The van der Waals surface area contributed by atoms with Crippen LogP contribution in [0.15, 0.2) is 12.1 Å². The Morgan fingerprint density at radius 1 is 1.12 bits per heavy atom. The van der Waals surface area contributed by atoms with Gasteiger partial charge in [-0.25, -0.2) is 0 Å². The van der Waals surface area contributed by atoms with Crippen LogP contribution in [0.3, 0.4) is 0 Å². The molecule has 24 heavy (non-hydrogen) atoms. The number of ether oxygens (including phenoxy) is 2. The molecule has 3 aliphatic heterocycles. The number of fused-ring (bicyclic) bond motifs is 1. The predicted molar refractivity (Wildman–Crippen MR) is 98.7 cm³/mol. The first kappa shape index (κ1) is 18.1. The summed E-state index contributed by atoms with van der Waals surface area (Å²) < 4.78 is 11.5. The van der Waals surface area contributed by atoms with Gasteiger partial charge in [-0.15, -0.1) is 12.4 Å². The molecule has 0 atom stereocenters. The van der Waals surface area contributed by atoms with Gasteiger partial charge in [-0.2, -0.15) is 0 Å². The molecule has 0 aromatic heterocycles. The van der Waals surface area contributed by atoms with E-state index < -0.39 is 0 Å². The van der Waals surface area contributed by atoms with Gasteiger partial charge < -0.3 is 14.8 Å². The van der Waals surface area contributed by atoms with E-state index in [1.54, 1.807) is 0 Å². The van der Waals surface area contributed by atoms with Gasteiger partial charge in [0.2, 0.25) is 0 Å². The summed E-state index contributed by atoms with van der Waals surface area (Å²) in [5.41, 5.74) is 1.77. The SMILES string of the molecule is Cl.Clc1cc(CN2CCC3(CCNCC3)C2)cc2c1OCCCO2. The average Bonchev–Trinajstić information content (AvgIpc) is 2.77. The number of hydrogen-bond acceptors (Lipinski definition) is 4. The third kappa shape index (κ3) is 3.77. The van der Waals surface area contributed by atoms with Crippen molar-refractivity contribution in [2.24, 2.45) is 5.41 Å². The fourth-order valence-corrected chi connectivity index (χ4v) is 4.45. The van der Waals surface area contributed by atoms with E-state index in [2.05, 4.69) is 16.3 Å². The highest BCUT2D eigenvalue weighted by molar-refractivity contribution is 6.32. The maximum Gasteiger partial charge on any atom is 0.179 e. The summed E-state index contributed by atoms with van der Waals surface area (Å²) in [5.74, 6) is 1.52. The number of halogens is 2. The molecule has 1 N–H and O–H groups in total. The molecular formula is C18H26Cl2N2O2. The van der Waals surface area contributed by atoms with Crippen LogP contribution in [-0.2, 0) is 6.54 Å². The molecule has 2 saturated heterocycles. The van der Waals surface area contributed by atoms with Crippen LogP contribution in [0.5, 0.6) is 11.5 Å². The zero-order valence-electron chi connectivity index (χ0n) is 14.0. The zero-order valence-corrected chi connectivity index (χ0v) is 15.6. The highest BCUT2D eigenvalue weighted by Crippen LogP contribution is 2.41. The summed E-state index contributed by atoms with van der Waals surface area (Å²) in [6.07, 6.45) is 4.85. The van der Waals surface area contributed by atoms with Crippen molar-refractivity contribution in [2.45, 2.75) is 32.2 Å². The molecule has 0 bridgehead atoms. The molecule has 3 heterocycles. The Kier molecular flexibility index (Phi) is 5.81. The van der Waals surface area contributed by atoms with Crippen LogP contribution in [0, 0.1) is 5.41 Å². The molecule has 1 aromatic rings. The summed E-state index contributed by atoms with van der Waals surface area (Å²) in [7, 11) is 0. The quantitative estimate of drug-likeness (QED) is 0.861. The van der Waals surface area contributed by atoms with E-state index in [1.807, 2.05) is 6.07 Å². The van der Waals surface area contributed by atoms with Crippen molar-refractivity contribution >= 4 is 24.0 Å². The number of nitrogens with zero attached hydrogens (tertiary/aromatic N) is 1. The molecule has 4 rings (SSSR count). The minimum atomic E-state index is 0. The minimum absolute atomic E-state index is 0. The van der Waals surface area contributed by atoms with E-state index in [4.69, 9.17) is 21.1 Å². The summed E-state index contributed by atoms with van der Waals surface area (Å²) in [6, 6.07) is 4.16. The van der Waals surface area contributed by atoms with Gasteiger partial charge in [-0.3, -0.25) is 4.90 Å². The number of benzene rings is 1. The highest BCUT2D eigenvalue weighted by atomic mass is 35.5. The monoisotopic (exact) mass is 372 g/mol. The second kappa shape index (κ2) is 7.69. The van der Waals surface area contributed by atoms with E-state index in [1.165, 1.54) is 51.0 Å². The zero-order chi connectivity index (χ0) is 15.7. The fourth-order valence-electron chi connectivity index (χ4n) is 4.16. The molecule has 134 valence electrons. The van der Waals surface area contributed by atoms with Gasteiger partial charge in [0.05, 0.1) is 18.2 Å². The van der Waals surface area contributed by atoms with E-state index in [0.29, 0.717) is 29.4 Å². The molecule has 4 nitrogen and oxygen atoms in total. The summed E-state index contributed by atoms with van der Waals surface area (Å²) >= 11 is 6.42. The normalized spacial score (nSPS) is 22.9. The minimum Gasteiger partial charge on any atom is -0.489 e. The van der Waals surface area contributed by atoms with Crippen molar-refractivity contribution in [3.05, 3.63) is 22.7 Å². The van der Waals surface area contributed by atoms with Crippen molar-refractivity contribution in [3.8, 4) is 11.5 Å². The molecule has 0 unspecified atom stereocenters. The highest BCUT2D eigenvalue weighted by Gasteiger charge is 2.38. The van der Waals surface area contributed by atoms with Crippen molar-refractivity contribution in [1.82, 2.24) is 10.2 Å². The van der Waals surface area contributed by atoms with Crippen LogP contribution < -0.4 is 14.8 Å². The second-order valence-electron chi connectivity index (χ2n) is 7.17. The van der Waals surface area contributed by atoms with Gasteiger partial charge in [-0.1, -0.05) is 11.6 Å². The molecular weight excluding hydrogens is 347 g/mol. The Morgan fingerprint density at radius 3 is 2.75 bits per heavy atom. The maximum absolute atomic E-state index is 6.42. The number of rotatable bonds is 2. The van der Waals surface area contributed by atoms with Gasteiger partial charge in [0.1, 0.15) is 0 Å². The molecule has 6 heteroatoms.